The molecule has 0 fully saturated rings. The summed E-state index contributed by atoms with van der Waals surface area (Å²) in [5, 5.41) is 2.49. The third-order valence-corrected chi connectivity index (χ3v) is 3.02. The van der Waals surface area contributed by atoms with Crippen LogP contribution in [0.3, 0.4) is 0 Å². The smallest absolute Gasteiger partial charge is 0.325 e. The Bertz CT molecular complexity index is 206. The van der Waals surface area contributed by atoms with Gasteiger partial charge in [-0.25, -0.2) is 0 Å². The number of halogens is 1. The first-order chi connectivity index (χ1) is 6.49. The zero-order chi connectivity index (χ0) is 11.1. The highest BCUT2D eigenvalue weighted by Crippen LogP contribution is 2.11. The number of nitrogens with one attached hydrogen (secondary N) is 1. The zero-order valence-corrected chi connectivity index (χ0v) is 10.3. The van der Waals surface area contributed by atoms with Gasteiger partial charge in [-0.2, -0.15) is 0 Å². The maximum Gasteiger partial charge on any atom is 0.325 e. The minimum Gasteiger partial charge on any atom is -0.465 e. The van der Waals surface area contributed by atoms with Crippen molar-refractivity contribution in [3.05, 3.63) is 0 Å². The molecule has 0 rings (SSSR count). The first-order valence-electron chi connectivity index (χ1n) is 4.56. The Labute approximate surface area is 92.5 Å². The molecule has 0 aliphatic carbocycles. The van der Waals surface area contributed by atoms with Crippen LogP contribution in [0.4, 0.5) is 0 Å². The molecule has 0 aromatic heterocycles. The second-order valence-corrected chi connectivity index (χ2v) is 4.16. The first kappa shape index (κ1) is 13.4. The fourth-order valence-corrected chi connectivity index (χ4v) is 0.933. The first-order valence-corrected chi connectivity index (χ1v) is 5.48. The molecule has 1 unspecified atom stereocenters. The number of carbonyl (C=O) groups is 2. The van der Waals surface area contributed by atoms with Gasteiger partial charge in [-0.05, 0) is 12.8 Å². The van der Waals surface area contributed by atoms with E-state index in [1.807, 2.05) is 13.8 Å². The van der Waals surface area contributed by atoms with Crippen molar-refractivity contribution < 1.29 is 14.3 Å². The van der Waals surface area contributed by atoms with Crippen molar-refractivity contribution >= 4 is 27.8 Å². The van der Waals surface area contributed by atoms with Gasteiger partial charge < -0.3 is 10.1 Å². The van der Waals surface area contributed by atoms with Crippen molar-refractivity contribution in [3.63, 3.8) is 0 Å². The monoisotopic (exact) mass is 265 g/mol. The summed E-state index contributed by atoms with van der Waals surface area (Å²) in [4.78, 5) is 21.9. The molecule has 82 valence electrons. The molecule has 0 aromatic carbocycles. The van der Waals surface area contributed by atoms with Gasteiger partial charge in [0.15, 0.2) is 0 Å². The van der Waals surface area contributed by atoms with Crippen LogP contribution in [0, 0.1) is 5.92 Å². The highest BCUT2D eigenvalue weighted by Gasteiger charge is 2.18. The van der Waals surface area contributed by atoms with Crippen molar-refractivity contribution in [1.82, 2.24) is 5.32 Å². The lowest BCUT2D eigenvalue weighted by molar-refractivity contribution is -0.143. The number of esters is 1. The molecule has 0 spiro atoms. The average Bonchev–Trinajstić information content (AvgIpc) is 2.13. The van der Waals surface area contributed by atoms with Crippen LogP contribution in [0.5, 0.6) is 0 Å². The van der Waals surface area contributed by atoms with Gasteiger partial charge in [-0.3, -0.25) is 9.59 Å². The molecule has 5 heteroatoms. The predicted octanol–water partition coefficient (Wildman–Crippen LogP) is 1.09. The third-order valence-electron chi connectivity index (χ3n) is 1.55. The topological polar surface area (TPSA) is 55.4 Å². The van der Waals surface area contributed by atoms with Gasteiger partial charge in [0, 0.05) is 0 Å². The summed E-state index contributed by atoms with van der Waals surface area (Å²) in [7, 11) is 0. The van der Waals surface area contributed by atoms with E-state index in [0.717, 1.165) is 0 Å². The summed E-state index contributed by atoms with van der Waals surface area (Å²) < 4.78 is 4.66. The van der Waals surface area contributed by atoms with Crippen molar-refractivity contribution in [2.75, 3.05) is 13.2 Å². The summed E-state index contributed by atoms with van der Waals surface area (Å²) in [5.41, 5.74) is 0. The number of alkyl halides is 1. The van der Waals surface area contributed by atoms with E-state index in [0.29, 0.717) is 6.61 Å². The molecule has 0 radical (unpaired) electrons. The third kappa shape index (κ3) is 5.21. The lowest BCUT2D eigenvalue weighted by Crippen LogP contribution is -2.37. The van der Waals surface area contributed by atoms with E-state index in [2.05, 4.69) is 26.0 Å². The van der Waals surface area contributed by atoms with Crippen molar-refractivity contribution in [3.8, 4) is 0 Å². The molecule has 0 bridgehead atoms. The quantitative estimate of drug-likeness (QED) is 0.598. The van der Waals surface area contributed by atoms with Crippen molar-refractivity contribution in [1.29, 1.82) is 0 Å². The number of rotatable bonds is 5. The van der Waals surface area contributed by atoms with Crippen LogP contribution >= 0.6 is 15.9 Å². The Balaban J connectivity index is 3.79. The van der Waals surface area contributed by atoms with Crippen LogP contribution in [0.1, 0.15) is 20.8 Å². The van der Waals surface area contributed by atoms with Crippen LogP contribution in [-0.2, 0) is 14.3 Å². The standard InChI is InChI=1S/C9H16BrNO3/c1-4-14-7(12)5-11-9(13)8(10)6(2)3/h6,8H,4-5H2,1-3H3,(H,11,13). The van der Waals surface area contributed by atoms with E-state index in [9.17, 15) is 9.59 Å². The van der Waals surface area contributed by atoms with Gasteiger partial charge >= 0.3 is 5.97 Å². The molecule has 4 nitrogen and oxygen atoms in total. The van der Waals surface area contributed by atoms with Gasteiger partial charge in [0.2, 0.25) is 5.91 Å². The number of amides is 1. The van der Waals surface area contributed by atoms with Crippen molar-refractivity contribution in [2.45, 2.75) is 25.6 Å². The number of hydrogen-bond donors (Lipinski definition) is 1. The Hall–Kier alpha value is -0.580. The normalized spacial score (nSPS) is 12.4. The summed E-state index contributed by atoms with van der Waals surface area (Å²) in [5.74, 6) is -0.408. The largest absolute Gasteiger partial charge is 0.465 e. The Morgan fingerprint density at radius 3 is 2.43 bits per heavy atom. The van der Waals surface area contributed by atoms with Gasteiger partial charge in [0.1, 0.15) is 6.54 Å². The summed E-state index contributed by atoms with van der Waals surface area (Å²) in [6.07, 6.45) is 0. The second kappa shape index (κ2) is 6.81. The Morgan fingerprint density at radius 2 is 2.00 bits per heavy atom. The summed E-state index contributed by atoms with van der Waals surface area (Å²) in [6, 6.07) is 0. The molecule has 0 aromatic rings. The van der Waals surface area contributed by atoms with E-state index < -0.39 is 5.97 Å². The second-order valence-electron chi connectivity index (χ2n) is 3.17. The van der Waals surface area contributed by atoms with Gasteiger partial charge in [-0.15, -0.1) is 0 Å². The predicted molar refractivity (Wildman–Crippen MR) is 57.2 cm³/mol. The molecule has 0 aliphatic rings. The number of carbonyl (C=O) groups excluding carboxylic acids is 2. The molecule has 14 heavy (non-hydrogen) atoms. The lowest BCUT2D eigenvalue weighted by Gasteiger charge is -2.13. The molecule has 0 aliphatic heterocycles. The highest BCUT2D eigenvalue weighted by molar-refractivity contribution is 9.10. The van der Waals surface area contributed by atoms with Crippen LogP contribution in [0.25, 0.3) is 0 Å². The molecular formula is C9H16BrNO3. The van der Waals surface area contributed by atoms with Crippen LogP contribution in [0.15, 0.2) is 0 Å². The van der Waals surface area contributed by atoms with E-state index >= 15 is 0 Å². The molecule has 0 heterocycles. The Morgan fingerprint density at radius 1 is 1.43 bits per heavy atom. The molecular weight excluding hydrogens is 250 g/mol. The van der Waals surface area contributed by atoms with Gasteiger partial charge in [0.05, 0.1) is 11.4 Å². The van der Waals surface area contributed by atoms with E-state index in [4.69, 9.17) is 0 Å². The maximum atomic E-state index is 11.3. The van der Waals surface area contributed by atoms with Crippen LogP contribution < -0.4 is 5.32 Å². The van der Waals surface area contributed by atoms with Crippen LogP contribution in [-0.4, -0.2) is 29.9 Å². The van der Waals surface area contributed by atoms with E-state index in [1.54, 1.807) is 6.92 Å². The van der Waals surface area contributed by atoms with Gasteiger partial charge in [-0.1, -0.05) is 29.8 Å². The Kier molecular flexibility index (Phi) is 6.53. The minimum atomic E-state index is -0.413. The molecule has 0 saturated heterocycles. The van der Waals surface area contributed by atoms with E-state index in [1.165, 1.54) is 0 Å². The lowest BCUT2D eigenvalue weighted by atomic mass is 10.1. The van der Waals surface area contributed by atoms with Crippen molar-refractivity contribution in [2.24, 2.45) is 5.92 Å². The fourth-order valence-electron chi connectivity index (χ4n) is 0.772. The fraction of sp³-hybridized carbons (Fsp3) is 0.778. The van der Waals surface area contributed by atoms with Gasteiger partial charge in [0.25, 0.3) is 0 Å². The molecule has 1 amide bonds. The molecule has 0 saturated carbocycles. The number of hydrogen-bond acceptors (Lipinski definition) is 3. The SMILES string of the molecule is CCOC(=O)CNC(=O)C(Br)C(C)C. The number of ether oxygens (including phenoxy) is 1. The maximum absolute atomic E-state index is 11.3. The summed E-state index contributed by atoms with van der Waals surface area (Å²) >= 11 is 3.23. The summed E-state index contributed by atoms with van der Waals surface area (Å²) in [6.45, 7) is 5.83. The average molecular weight is 266 g/mol. The minimum absolute atomic E-state index is 0.0680. The molecule has 1 N–H and O–H groups in total. The molecule has 1 atom stereocenters. The van der Waals surface area contributed by atoms with Crippen LogP contribution in [0.2, 0.25) is 0 Å². The van der Waals surface area contributed by atoms with E-state index in [-0.39, 0.29) is 23.2 Å². The highest BCUT2D eigenvalue weighted by atomic mass is 79.9. The zero-order valence-electron chi connectivity index (χ0n) is 8.67.